The van der Waals surface area contributed by atoms with Crippen molar-refractivity contribution in [2.45, 2.75) is 29.7 Å². The zero-order valence-corrected chi connectivity index (χ0v) is 15.0. The molecular weight excluding hydrogens is 336 g/mol. The minimum absolute atomic E-state index is 0.149. The number of carbonyl (C=O) groups excluding carboxylic acids is 2. The van der Waals surface area contributed by atoms with Gasteiger partial charge in [0.15, 0.2) is 0 Å². The Bertz CT molecular complexity index is 749. The third-order valence-electron chi connectivity index (χ3n) is 4.10. The molecule has 130 valence electrons. The molecule has 0 radical (unpaired) electrons. The Labute approximate surface area is 151 Å². The fourth-order valence-electron chi connectivity index (χ4n) is 2.62. The number of β-lactam (4-membered cyclic amide) rings is 1. The van der Waals surface area contributed by atoms with Gasteiger partial charge < -0.3 is 10.1 Å². The van der Waals surface area contributed by atoms with Gasteiger partial charge in [-0.1, -0.05) is 42.1 Å². The van der Waals surface area contributed by atoms with Crippen molar-refractivity contribution in [3.63, 3.8) is 0 Å². The van der Waals surface area contributed by atoms with Crippen LogP contribution in [0.3, 0.4) is 0 Å². The number of nitrogens with one attached hydrogen (secondary N) is 1. The van der Waals surface area contributed by atoms with Crippen LogP contribution in [0.1, 0.15) is 24.9 Å². The van der Waals surface area contributed by atoms with Crippen molar-refractivity contribution in [1.29, 1.82) is 0 Å². The fraction of sp³-hybridized carbons (Fsp3) is 0.263. The van der Waals surface area contributed by atoms with Crippen LogP contribution in [-0.4, -0.2) is 29.3 Å². The van der Waals surface area contributed by atoms with Gasteiger partial charge in [-0.05, 0) is 36.8 Å². The first kappa shape index (κ1) is 17.4. The smallest absolute Gasteiger partial charge is 0.325 e. The number of likely N-dealkylation sites (tertiary alicyclic amines) is 1. The molecule has 0 aromatic heterocycles. The van der Waals surface area contributed by atoms with E-state index in [0.29, 0.717) is 6.42 Å². The molecule has 25 heavy (non-hydrogen) atoms. The van der Waals surface area contributed by atoms with E-state index >= 15 is 0 Å². The quantitative estimate of drug-likeness (QED) is 0.828. The number of imide groups is 1. The molecule has 5 nitrogen and oxygen atoms in total. The Kier molecular flexibility index (Phi) is 5.28. The summed E-state index contributed by atoms with van der Waals surface area (Å²) in [5.41, 5.74) is 1.00. The van der Waals surface area contributed by atoms with Crippen LogP contribution in [0.5, 0.6) is 5.75 Å². The van der Waals surface area contributed by atoms with E-state index in [2.05, 4.69) is 5.32 Å². The maximum atomic E-state index is 12.5. The highest BCUT2D eigenvalue weighted by atomic mass is 32.2. The van der Waals surface area contributed by atoms with Crippen LogP contribution >= 0.6 is 11.8 Å². The Morgan fingerprint density at radius 3 is 2.48 bits per heavy atom. The molecule has 6 heteroatoms. The van der Waals surface area contributed by atoms with Crippen molar-refractivity contribution in [1.82, 2.24) is 10.2 Å². The summed E-state index contributed by atoms with van der Waals surface area (Å²) in [6, 6.07) is 16.8. The number of urea groups is 1. The molecule has 1 saturated heterocycles. The maximum absolute atomic E-state index is 12.5. The summed E-state index contributed by atoms with van der Waals surface area (Å²) >= 11 is 1.50. The van der Waals surface area contributed by atoms with Crippen LogP contribution < -0.4 is 10.1 Å². The lowest BCUT2D eigenvalue weighted by atomic mass is 10.1. The Morgan fingerprint density at radius 1 is 1.20 bits per heavy atom. The number of hydrogen-bond donors (Lipinski definition) is 1. The Balaban J connectivity index is 1.61. The third-order valence-corrected chi connectivity index (χ3v) is 5.29. The van der Waals surface area contributed by atoms with Gasteiger partial charge in [-0.2, -0.15) is 0 Å². The SMILES string of the molecule is COc1ccc(S[C@H]2CC(=O)N2C(=O)N[C@H](C)c2ccccc2)cc1. The predicted octanol–water partition coefficient (Wildman–Crippen LogP) is 3.82. The van der Waals surface area contributed by atoms with E-state index in [1.54, 1.807) is 7.11 Å². The summed E-state index contributed by atoms with van der Waals surface area (Å²) in [5.74, 6) is 0.629. The molecule has 3 rings (SSSR count). The number of benzene rings is 2. The summed E-state index contributed by atoms with van der Waals surface area (Å²) in [6.45, 7) is 1.91. The van der Waals surface area contributed by atoms with Crippen LogP contribution in [0.4, 0.5) is 4.79 Å². The van der Waals surface area contributed by atoms with Gasteiger partial charge in [-0.3, -0.25) is 9.69 Å². The molecule has 1 aliphatic rings. The molecule has 0 aliphatic carbocycles. The average molecular weight is 356 g/mol. The number of amides is 3. The van der Waals surface area contributed by atoms with Gasteiger partial charge in [0.1, 0.15) is 11.1 Å². The van der Waals surface area contributed by atoms with Crippen molar-refractivity contribution < 1.29 is 14.3 Å². The largest absolute Gasteiger partial charge is 0.497 e. The standard InChI is InChI=1S/C19H20N2O3S/c1-13(14-6-4-3-5-7-14)20-19(23)21-17(22)12-18(21)25-16-10-8-15(24-2)9-11-16/h3-11,13,18H,12H2,1-2H3,(H,20,23)/t13-,18+/m1/s1. The third kappa shape index (κ3) is 3.96. The van der Waals surface area contributed by atoms with Gasteiger partial charge in [0.2, 0.25) is 5.91 Å². The number of rotatable bonds is 5. The van der Waals surface area contributed by atoms with Gasteiger partial charge >= 0.3 is 6.03 Å². The highest BCUT2D eigenvalue weighted by Gasteiger charge is 2.41. The minimum atomic E-state index is -0.349. The van der Waals surface area contributed by atoms with E-state index in [1.165, 1.54) is 16.7 Å². The summed E-state index contributed by atoms with van der Waals surface area (Å²) in [6.07, 6.45) is 0.365. The van der Waals surface area contributed by atoms with Crippen LogP contribution in [0.15, 0.2) is 59.5 Å². The average Bonchev–Trinajstić information content (AvgIpc) is 2.62. The van der Waals surface area contributed by atoms with E-state index in [1.807, 2.05) is 61.5 Å². The molecule has 1 N–H and O–H groups in total. The first-order valence-electron chi connectivity index (χ1n) is 8.06. The number of methoxy groups -OCH3 is 1. The molecule has 1 heterocycles. The number of nitrogens with zero attached hydrogens (tertiary/aromatic N) is 1. The van der Waals surface area contributed by atoms with Crippen molar-refractivity contribution in [2.75, 3.05) is 7.11 Å². The molecule has 2 atom stereocenters. The van der Waals surface area contributed by atoms with E-state index in [4.69, 9.17) is 4.74 Å². The predicted molar refractivity (Wildman–Crippen MR) is 97.5 cm³/mol. The van der Waals surface area contributed by atoms with Crippen LogP contribution in [0.25, 0.3) is 0 Å². The van der Waals surface area contributed by atoms with Gasteiger partial charge in [0.05, 0.1) is 19.6 Å². The van der Waals surface area contributed by atoms with Gasteiger partial charge in [0.25, 0.3) is 0 Å². The maximum Gasteiger partial charge on any atom is 0.325 e. The van der Waals surface area contributed by atoms with E-state index in [-0.39, 0.29) is 23.4 Å². The Hall–Kier alpha value is -2.47. The number of hydrogen-bond acceptors (Lipinski definition) is 4. The highest BCUT2D eigenvalue weighted by molar-refractivity contribution is 8.00. The second kappa shape index (κ2) is 7.61. The second-order valence-corrected chi connectivity index (χ2v) is 7.05. The fourth-order valence-corrected chi connectivity index (χ4v) is 3.77. The molecule has 3 amide bonds. The first-order chi connectivity index (χ1) is 12.1. The summed E-state index contributed by atoms with van der Waals surface area (Å²) in [4.78, 5) is 26.7. The van der Waals surface area contributed by atoms with Crippen LogP contribution in [0.2, 0.25) is 0 Å². The summed E-state index contributed by atoms with van der Waals surface area (Å²) < 4.78 is 5.14. The van der Waals surface area contributed by atoms with Crippen molar-refractivity contribution in [3.8, 4) is 5.75 Å². The van der Waals surface area contributed by atoms with E-state index in [0.717, 1.165) is 16.2 Å². The van der Waals surface area contributed by atoms with Crippen molar-refractivity contribution in [2.24, 2.45) is 0 Å². The van der Waals surface area contributed by atoms with E-state index < -0.39 is 0 Å². The zero-order valence-electron chi connectivity index (χ0n) is 14.1. The zero-order chi connectivity index (χ0) is 17.8. The normalized spacial score (nSPS) is 17.6. The van der Waals surface area contributed by atoms with Gasteiger partial charge in [-0.25, -0.2) is 4.79 Å². The summed E-state index contributed by atoms with van der Waals surface area (Å²) in [5, 5.41) is 2.72. The molecular formula is C19H20N2O3S. The lowest BCUT2D eigenvalue weighted by Gasteiger charge is -2.38. The van der Waals surface area contributed by atoms with Crippen LogP contribution in [-0.2, 0) is 4.79 Å². The topological polar surface area (TPSA) is 58.6 Å². The van der Waals surface area contributed by atoms with Crippen molar-refractivity contribution >= 4 is 23.7 Å². The van der Waals surface area contributed by atoms with Crippen molar-refractivity contribution in [3.05, 3.63) is 60.2 Å². The van der Waals surface area contributed by atoms with Gasteiger partial charge in [-0.15, -0.1) is 0 Å². The lowest BCUT2D eigenvalue weighted by molar-refractivity contribution is -0.137. The number of carbonyl (C=O) groups is 2. The molecule has 0 unspecified atom stereocenters. The highest BCUT2D eigenvalue weighted by Crippen LogP contribution is 2.35. The summed E-state index contributed by atoms with van der Waals surface area (Å²) in [7, 11) is 1.62. The molecule has 1 fully saturated rings. The molecule has 0 bridgehead atoms. The van der Waals surface area contributed by atoms with Gasteiger partial charge in [0, 0.05) is 4.90 Å². The Morgan fingerprint density at radius 2 is 1.88 bits per heavy atom. The molecule has 2 aromatic carbocycles. The van der Waals surface area contributed by atoms with E-state index in [9.17, 15) is 9.59 Å². The number of ether oxygens (including phenoxy) is 1. The minimum Gasteiger partial charge on any atom is -0.497 e. The van der Waals surface area contributed by atoms with Crippen LogP contribution in [0, 0.1) is 0 Å². The molecule has 0 saturated carbocycles. The second-order valence-electron chi connectivity index (χ2n) is 5.80. The monoisotopic (exact) mass is 356 g/mol. The molecule has 1 aliphatic heterocycles. The first-order valence-corrected chi connectivity index (χ1v) is 8.94. The molecule has 0 spiro atoms. The number of thioether (sulfide) groups is 1. The lowest BCUT2D eigenvalue weighted by Crippen LogP contribution is -2.57. The molecule has 2 aromatic rings.